The molecule has 1 aliphatic rings. The van der Waals surface area contributed by atoms with Gasteiger partial charge in [-0.1, -0.05) is 13.0 Å². The number of fused-ring (bicyclic) bond motifs is 3. The van der Waals surface area contributed by atoms with Crippen LogP contribution in [0.25, 0.3) is 10.2 Å². The SMILES string of the molecule is CCN(Cc1nc(N)c2c3c(sc2n1)CCCC3)Cc1cccs1. The van der Waals surface area contributed by atoms with E-state index in [-0.39, 0.29) is 0 Å². The van der Waals surface area contributed by atoms with Gasteiger partial charge in [0, 0.05) is 16.3 Å². The Bertz CT molecular complexity index is 838. The molecule has 3 heterocycles. The van der Waals surface area contributed by atoms with E-state index in [1.54, 1.807) is 11.3 Å². The fourth-order valence-corrected chi connectivity index (χ4v) is 5.44. The number of anilines is 1. The van der Waals surface area contributed by atoms with Gasteiger partial charge in [0.25, 0.3) is 0 Å². The van der Waals surface area contributed by atoms with Crippen molar-refractivity contribution >= 4 is 38.7 Å². The zero-order chi connectivity index (χ0) is 16.5. The highest BCUT2D eigenvalue weighted by molar-refractivity contribution is 7.19. The Morgan fingerprint density at radius 1 is 1.21 bits per heavy atom. The molecule has 3 aromatic heterocycles. The molecule has 126 valence electrons. The number of aromatic nitrogens is 2. The van der Waals surface area contributed by atoms with Crippen LogP contribution in [-0.2, 0) is 25.9 Å². The van der Waals surface area contributed by atoms with Crippen LogP contribution < -0.4 is 5.73 Å². The maximum atomic E-state index is 6.32. The van der Waals surface area contributed by atoms with Crippen LogP contribution in [0, 0.1) is 0 Å². The van der Waals surface area contributed by atoms with Crippen molar-refractivity contribution in [2.75, 3.05) is 12.3 Å². The highest BCUT2D eigenvalue weighted by Crippen LogP contribution is 2.37. The Morgan fingerprint density at radius 2 is 2.08 bits per heavy atom. The number of rotatable bonds is 5. The Labute approximate surface area is 150 Å². The van der Waals surface area contributed by atoms with Gasteiger partial charge in [-0.3, -0.25) is 4.90 Å². The fraction of sp³-hybridized carbons (Fsp3) is 0.444. The van der Waals surface area contributed by atoms with Crippen molar-refractivity contribution in [1.29, 1.82) is 0 Å². The van der Waals surface area contributed by atoms with Crippen LogP contribution in [0.15, 0.2) is 17.5 Å². The molecular formula is C18H22N4S2. The summed E-state index contributed by atoms with van der Waals surface area (Å²) in [6.45, 7) is 4.84. The number of thiophene rings is 2. The van der Waals surface area contributed by atoms with Gasteiger partial charge in [-0.2, -0.15) is 0 Å². The van der Waals surface area contributed by atoms with E-state index in [4.69, 9.17) is 10.7 Å². The van der Waals surface area contributed by atoms with Crippen LogP contribution in [0.4, 0.5) is 5.82 Å². The number of nitrogens with two attached hydrogens (primary N) is 1. The van der Waals surface area contributed by atoms with Gasteiger partial charge in [-0.15, -0.1) is 22.7 Å². The maximum Gasteiger partial charge on any atom is 0.146 e. The van der Waals surface area contributed by atoms with Gasteiger partial charge in [-0.25, -0.2) is 9.97 Å². The number of hydrogen-bond acceptors (Lipinski definition) is 6. The predicted octanol–water partition coefficient (Wildman–Crippen LogP) is 4.24. The Kier molecular flexibility index (Phi) is 4.52. The number of nitrogen functional groups attached to an aromatic ring is 1. The van der Waals surface area contributed by atoms with E-state index in [2.05, 4.69) is 34.3 Å². The van der Waals surface area contributed by atoms with Crippen molar-refractivity contribution in [3.05, 3.63) is 38.7 Å². The molecule has 0 spiro atoms. The maximum absolute atomic E-state index is 6.32. The summed E-state index contributed by atoms with van der Waals surface area (Å²) < 4.78 is 0. The van der Waals surface area contributed by atoms with Gasteiger partial charge in [0.1, 0.15) is 16.5 Å². The quantitative estimate of drug-likeness (QED) is 0.741. The summed E-state index contributed by atoms with van der Waals surface area (Å²) in [7, 11) is 0. The summed E-state index contributed by atoms with van der Waals surface area (Å²) in [6.07, 6.45) is 4.83. The highest BCUT2D eigenvalue weighted by Gasteiger charge is 2.20. The topological polar surface area (TPSA) is 55.0 Å². The molecule has 0 unspecified atom stereocenters. The van der Waals surface area contributed by atoms with E-state index in [0.29, 0.717) is 5.82 Å². The molecule has 2 N–H and O–H groups in total. The van der Waals surface area contributed by atoms with Crippen LogP contribution in [0.3, 0.4) is 0 Å². The lowest BCUT2D eigenvalue weighted by atomic mass is 9.97. The third-order valence-corrected chi connectivity index (χ3v) is 6.71. The standard InChI is InChI=1S/C18H22N4S2/c1-2-22(10-12-6-5-9-23-12)11-15-20-17(19)16-13-7-3-4-8-14(13)24-18(16)21-15/h5-6,9H,2-4,7-8,10-11H2,1H3,(H2,19,20,21). The van der Waals surface area contributed by atoms with Crippen LogP contribution in [-0.4, -0.2) is 21.4 Å². The largest absolute Gasteiger partial charge is 0.383 e. The molecule has 0 aliphatic heterocycles. The molecule has 24 heavy (non-hydrogen) atoms. The normalized spacial score (nSPS) is 14.4. The van der Waals surface area contributed by atoms with Gasteiger partial charge in [0.15, 0.2) is 0 Å². The van der Waals surface area contributed by atoms with Crippen LogP contribution >= 0.6 is 22.7 Å². The van der Waals surface area contributed by atoms with E-state index in [1.807, 2.05) is 11.3 Å². The molecule has 1 aliphatic carbocycles. The Morgan fingerprint density at radius 3 is 2.88 bits per heavy atom. The molecule has 0 saturated carbocycles. The summed E-state index contributed by atoms with van der Waals surface area (Å²) in [5.74, 6) is 1.51. The molecule has 0 radical (unpaired) electrons. The molecule has 0 amide bonds. The van der Waals surface area contributed by atoms with Gasteiger partial charge in [-0.05, 0) is 49.2 Å². The van der Waals surface area contributed by atoms with Gasteiger partial charge in [0.05, 0.1) is 11.9 Å². The second-order valence-corrected chi connectivity index (χ2v) is 8.41. The van der Waals surface area contributed by atoms with E-state index >= 15 is 0 Å². The summed E-state index contributed by atoms with van der Waals surface area (Å²) in [4.78, 5) is 15.8. The Balaban J connectivity index is 1.62. The van der Waals surface area contributed by atoms with E-state index in [9.17, 15) is 0 Å². The minimum absolute atomic E-state index is 0.668. The molecule has 3 aromatic rings. The van der Waals surface area contributed by atoms with Crippen LogP contribution in [0.1, 0.15) is 40.9 Å². The lowest BCUT2D eigenvalue weighted by molar-refractivity contribution is 0.267. The summed E-state index contributed by atoms with van der Waals surface area (Å²) in [5.41, 5.74) is 7.73. The summed E-state index contributed by atoms with van der Waals surface area (Å²) in [5, 5.41) is 3.25. The van der Waals surface area contributed by atoms with Crippen molar-refractivity contribution in [1.82, 2.24) is 14.9 Å². The highest BCUT2D eigenvalue weighted by atomic mass is 32.1. The number of hydrogen-bond donors (Lipinski definition) is 1. The van der Waals surface area contributed by atoms with Gasteiger partial charge < -0.3 is 5.73 Å². The molecule has 4 nitrogen and oxygen atoms in total. The predicted molar refractivity (Wildman–Crippen MR) is 103 cm³/mol. The zero-order valence-electron chi connectivity index (χ0n) is 13.9. The Hall–Kier alpha value is -1.50. The first-order chi connectivity index (χ1) is 11.7. The van der Waals surface area contributed by atoms with Crippen molar-refractivity contribution in [3.63, 3.8) is 0 Å². The van der Waals surface area contributed by atoms with E-state index in [0.717, 1.165) is 42.1 Å². The molecule has 0 fully saturated rings. The minimum Gasteiger partial charge on any atom is -0.383 e. The fourth-order valence-electron chi connectivity index (χ4n) is 3.40. The van der Waals surface area contributed by atoms with E-state index < -0.39 is 0 Å². The molecule has 0 aromatic carbocycles. The van der Waals surface area contributed by atoms with Gasteiger partial charge >= 0.3 is 0 Å². The lowest BCUT2D eigenvalue weighted by Gasteiger charge is -2.18. The molecule has 0 bridgehead atoms. The molecule has 4 rings (SSSR count). The monoisotopic (exact) mass is 358 g/mol. The van der Waals surface area contributed by atoms with Crippen molar-refractivity contribution in [3.8, 4) is 0 Å². The molecule has 6 heteroatoms. The van der Waals surface area contributed by atoms with Crippen LogP contribution in [0.5, 0.6) is 0 Å². The third-order valence-electron chi connectivity index (χ3n) is 4.66. The first-order valence-corrected chi connectivity index (χ1v) is 10.3. The second-order valence-electron chi connectivity index (χ2n) is 6.30. The smallest absolute Gasteiger partial charge is 0.146 e. The average Bonchev–Trinajstić information content (AvgIpc) is 3.21. The van der Waals surface area contributed by atoms with Crippen LogP contribution in [0.2, 0.25) is 0 Å². The first kappa shape index (κ1) is 16.0. The number of aryl methyl sites for hydroxylation is 2. The molecular weight excluding hydrogens is 336 g/mol. The lowest BCUT2D eigenvalue weighted by Crippen LogP contribution is -2.23. The molecule has 0 atom stereocenters. The summed E-state index contributed by atoms with van der Waals surface area (Å²) in [6, 6.07) is 4.28. The third kappa shape index (κ3) is 3.06. The van der Waals surface area contributed by atoms with E-state index in [1.165, 1.54) is 34.6 Å². The van der Waals surface area contributed by atoms with Crippen molar-refractivity contribution in [2.24, 2.45) is 0 Å². The minimum atomic E-state index is 0.668. The number of nitrogens with zero attached hydrogens (tertiary/aromatic N) is 3. The van der Waals surface area contributed by atoms with Crippen molar-refractivity contribution in [2.45, 2.75) is 45.7 Å². The second kappa shape index (κ2) is 6.78. The average molecular weight is 359 g/mol. The van der Waals surface area contributed by atoms with Gasteiger partial charge in [0.2, 0.25) is 0 Å². The molecule has 0 saturated heterocycles. The summed E-state index contributed by atoms with van der Waals surface area (Å²) >= 11 is 3.62. The zero-order valence-corrected chi connectivity index (χ0v) is 15.6. The van der Waals surface area contributed by atoms with Crippen molar-refractivity contribution < 1.29 is 0 Å². The first-order valence-electron chi connectivity index (χ1n) is 8.56.